The summed E-state index contributed by atoms with van der Waals surface area (Å²) in [5.74, 6) is 0.473. The van der Waals surface area contributed by atoms with E-state index in [4.69, 9.17) is 0 Å². The smallest absolute Gasteiger partial charge is 0.261 e. The maximum absolute atomic E-state index is 13.0. The Morgan fingerprint density at radius 1 is 1.00 bits per heavy atom. The predicted octanol–water partition coefficient (Wildman–Crippen LogP) is 3.71. The summed E-state index contributed by atoms with van der Waals surface area (Å²) in [6, 6.07) is 15.1. The summed E-state index contributed by atoms with van der Waals surface area (Å²) in [5, 5.41) is 0.590. The Bertz CT molecular complexity index is 1130. The van der Waals surface area contributed by atoms with Gasteiger partial charge in [-0.3, -0.25) is 14.2 Å². The zero-order chi connectivity index (χ0) is 19.0. The molecule has 0 atom stereocenters. The van der Waals surface area contributed by atoms with E-state index >= 15 is 0 Å². The minimum atomic E-state index is -0.0842. The van der Waals surface area contributed by atoms with Crippen LogP contribution in [0.1, 0.15) is 31.7 Å². The Balaban J connectivity index is 1.94. The van der Waals surface area contributed by atoms with Gasteiger partial charge in [0.25, 0.3) is 11.5 Å². The molecule has 0 unspecified atom stereocenters. The third-order valence-corrected chi connectivity index (χ3v) is 4.89. The van der Waals surface area contributed by atoms with Crippen LogP contribution >= 0.6 is 0 Å². The highest BCUT2D eigenvalue weighted by molar-refractivity contribution is 6.35. The number of carbonyl (C=O) groups excluding carboxylic acids is 1. The van der Waals surface area contributed by atoms with E-state index < -0.39 is 0 Å². The summed E-state index contributed by atoms with van der Waals surface area (Å²) in [5.41, 5.74) is 2.95. The summed E-state index contributed by atoms with van der Waals surface area (Å²) in [4.78, 5) is 32.4. The van der Waals surface area contributed by atoms with Crippen LogP contribution in [-0.2, 0) is 11.3 Å². The maximum Gasteiger partial charge on any atom is 0.261 e. The Labute approximate surface area is 157 Å². The highest BCUT2D eigenvalue weighted by Crippen LogP contribution is 2.37. The van der Waals surface area contributed by atoms with Crippen LogP contribution in [0.25, 0.3) is 22.6 Å². The SMILES string of the molecule is CCCN1C(=O)/C(=C/c2nc3ccccc3c(=O)n2CC)c2ccccc21. The van der Waals surface area contributed by atoms with Gasteiger partial charge in [0.2, 0.25) is 0 Å². The van der Waals surface area contributed by atoms with Crippen molar-refractivity contribution in [3.8, 4) is 0 Å². The first-order chi connectivity index (χ1) is 13.2. The van der Waals surface area contributed by atoms with Gasteiger partial charge in [-0.05, 0) is 37.6 Å². The second-order valence-electron chi connectivity index (χ2n) is 6.57. The molecule has 5 heteroatoms. The van der Waals surface area contributed by atoms with Crippen molar-refractivity contribution in [3.05, 3.63) is 70.3 Å². The average molecular weight is 359 g/mol. The van der Waals surface area contributed by atoms with Crippen LogP contribution < -0.4 is 10.5 Å². The van der Waals surface area contributed by atoms with Crippen LogP contribution in [0, 0.1) is 0 Å². The number of nitrogens with zero attached hydrogens (tertiary/aromatic N) is 3. The van der Waals surface area contributed by atoms with E-state index in [-0.39, 0.29) is 11.5 Å². The molecule has 0 bridgehead atoms. The highest BCUT2D eigenvalue weighted by Gasteiger charge is 2.31. The lowest BCUT2D eigenvalue weighted by molar-refractivity contribution is -0.113. The van der Waals surface area contributed by atoms with Crippen molar-refractivity contribution >= 4 is 34.1 Å². The summed E-state index contributed by atoms with van der Waals surface area (Å²) in [6.45, 7) is 5.12. The van der Waals surface area contributed by atoms with E-state index in [1.807, 2.05) is 49.4 Å². The fraction of sp³-hybridized carbons (Fsp3) is 0.227. The summed E-state index contributed by atoms with van der Waals surface area (Å²) >= 11 is 0. The summed E-state index contributed by atoms with van der Waals surface area (Å²) in [7, 11) is 0. The first-order valence-electron chi connectivity index (χ1n) is 9.28. The van der Waals surface area contributed by atoms with Crippen LogP contribution in [-0.4, -0.2) is 22.0 Å². The molecule has 1 aromatic heterocycles. The third kappa shape index (κ3) is 2.76. The molecular formula is C22H21N3O2. The van der Waals surface area contributed by atoms with E-state index in [0.717, 1.165) is 17.7 Å². The van der Waals surface area contributed by atoms with Gasteiger partial charge in [0.05, 0.1) is 22.2 Å². The minimum Gasteiger partial charge on any atom is -0.308 e. The van der Waals surface area contributed by atoms with Crippen molar-refractivity contribution in [2.24, 2.45) is 0 Å². The number of para-hydroxylation sites is 2. The Morgan fingerprint density at radius 2 is 1.74 bits per heavy atom. The monoisotopic (exact) mass is 359 g/mol. The number of hydrogen-bond donors (Lipinski definition) is 0. The zero-order valence-electron chi connectivity index (χ0n) is 15.5. The van der Waals surface area contributed by atoms with Crippen molar-refractivity contribution in [1.82, 2.24) is 9.55 Å². The first-order valence-corrected chi connectivity index (χ1v) is 9.28. The normalized spacial score (nSPS) is 15.0. The van der Waals surface area contributed by atoms with Gasteiger partial charge in [-0.2, -0.15) is 0 Å². The molecule has 0 aliphatic carbocycles. The predicted molar refractivity (Wildman–Crippen MR) is 109 cm³/mol. The molecule has 3 aromatic rings. The molecule has 2 aromatic carbocycles. The van der Waals surface area contributed by atoms with E-state index in [1.54, 1.807) is 21.6 Å². The Hall–Kier alpha value is -3.21. The third-order valence-electron chi connectivity index (χ3n) is 4.89. The number of anilines is 1. The fourth-order valence-corrected chi connectivity index (χ4v) is 3.62. The van der Waals surface area contributed by atoms with Crippen molar-refractivity contribution in [1.29, 1.82) is 0 Å². The van der Waals surface area contributed by atoms with E-state index in [9.17, 15) is 9.59 Å². The molecule has 0 fully saturated rings. The standard InChI is InChI=1S/C22H21N3O2/c1-3-13-25-19-12-8-6-9-15(19)17(22(25)27)14-20-23-18-11-7-5-10-16(18)21(26)24(20)4-2/h5-12,14H,3-4,13H2,1-2H3/b17-14+. The topological polar surface area (TPSA) is 55.2 Å². The molecule has 2 heterocycles. The molecule has 136 valence electrons. The van der Waals surface area contributed by atoms with Crippen molar-refractivity contribution in [2.45, 2.75) is 26.8 Å². The Morgan fingerprint density at radius 3 is 2.52 bits per heavy atom. The number of rotatable bonds is 4. The quantitative estimate of drug-likeness (QED) is 0.667. The van der Waals surface area contributed by atoms with Crippen LogP contribution in [0.15, 0.2) is 53.3 Å². The minimum absolute atomic E-state index is 0.0388. The van der Waals surface area contributed by atoms with E-state index in [0.29, 0.717) is 35.4 Å². The summed E-state index contributed by atoms with van der Waals surface area (Å²) in [6.07, 6.45) is 2.63. The fourth-order valence-electron chi connectivity index (χ4n) is 3.62. The van der Waals surface area contributed by atoms with Crippen LogP contribution in [0.3, 0.4) is 0 Å². The van der Waals surface area contributed by atoms with Crippen molar-refractivity contribution in [2.75, 3.05) is 11.4 Å². The largest absolute Gasteiger partial charge is 0.308 e. The molecule has 0 N–H and O–H groups in total. The molecule has 0 saturated heterocycles. The Kier molecular flexibility index (Phi) is 4.36. The van der Waals surface area contributed by atoms with Gasteiger partial charge in [0, 0.05) is 18.7 Å². The first kappa shape index (κ1) is 17.2. The number of aromatic nitrogens is 2. The second-order valence-corrected chi connectivity index (χ2v) is 6.57. The highest BCUT2D eigenvalue weighted by atomic mass is 16.2. The van der Waals surface area contributed by atoms with Crippen molar-refractivity contribution in [3.63, 3.8) is 0 Å². The molecule has 4 rings (SSSR count). The van der Waals surface area contributed by atoms with E-state index in [1.165, 1.54) is 0 Å². The lowest BCUT2D eigenvalue weighted by Gasteiger charge is -2.15. The average Bonchev–Trinajstić information content (AvgIpc) is 2.95. The summed E-state index contributed by atoms with van der Waals surface area (Å²) < 4.78 is 1.62. The second kappa shape index (κ2) is 6.83. The van der Waals surface area contributed by atoms with E-state index in [2.05, 4.69) is 11.9 Å². The van der Waals surface area contributed by atoms with Crippen molar-refractivity contribution < 1.29 is 4.79 Å². The van der Waals surface area contributed by atoms with Crippen LogP contribution in [0.5, 0.6) is 0 Å². The molecule has 0 spiro atoms. The van der Waals surface area contributed by atoms with Gasteiger partial charge >= 0.3 is 0 Å². The van der Waals surface area contributed by atoms with Gasteiger partial charge in [-0.25, -0.2) is 4.98 Å². The van der Waals surface area contributed by atoms with Gasteiger partial charge in [0.15, 0.2) is 0 Å². The van der Waals surface area contributed by atoms with Gasteiger partial charge in [0.1, 0.15) is 5.82 Å². The van der Waals surface area contributed by atoms with Gasteiger partial charge < -0.3 is 4.90 Å². The molecular weight excluding hydrogens is 338 g/mol. The molecule has 5 nitrogen and oxygen atoms in total. The lowest BCUT2D eigenvalue weighted by Crippen LogP contribution is -2.27. The lowest BCUT2D eigenvalue weighted by atomic mass is 10.1. The molecule has 1 amide bonds. The zero-order valence-corrected chi connectivity index (χ0v) is 15.5. The number of amides is 1. The molecule has 0 saturated carbocycles. The molecule has 1 aliphatic rings. The number of benzene rings is 2. The molecule has 0 radical (unpaired) electrons. The number of carbonyl (C=O) groups is 1. The molecule has 1 aliphatic heterocycles. The number of hydrogen-bond acceptors (Lipinski definition) is 3. The van der Waals surface area contributed by atoms with Gasteiger partial charge in [-0.15, -0.1) is 0 Å². The molecule has 27 heavy (non-hydrogen) atoms. The maximum atomic E-state index is 13.0. The number of fused-ring (bicyclic) bond motifs is 2. The van der Waals surface area contributed by atoms with Gasteiger partial charge in [-0.1, -0.05) is 37.3 Å². The van der Waals surface area contributed by atoms with Crippen LogP contribution in [0.2, 0.25) is 0 Å². The van der Waals surface area contributed by atoms with Crippen LogP contribution in [0.4, 0.5) is 5.69 Å².